The molecule has 0 aliphatic heterocycles. The van der Waals surface area contributed by atoms with Crippen LogP contribution in [0.4, 0.5) is 11.4 Å². The van der Waals surface area contributed by atoms with Gasteiger partial charge in [-0.15, -0.1) is 0 Å². The third-order valence-electron chi connectivity index (χ3n) is 5.82. The molecule has 12 nitrogen and oxygen atoms in total. The average molecular weight is 498 g/mol. The summed E-state index contributed by atoms with van der Waals surface area (Å²) in [6.45, 7) is -1.30. The Hall–Kier alpha value is -4.48. The molecule has 12 heteroatoms. The SMILES string of the molecule is O=C(COC(=O)C1CCCCC1C(=O)OCC(=O)c1cccc([N+](=O)[O-])c1)c1cccc([N+](=O)[O-])c1. The fraction of sp³-hybridized carbons (Fsp3) is 0.333. The zero-order valence-corrected chi connectivity index (χ0v) is 19.0. The predicted molar refractivity (Wildman–Crippen MR) is 122 cm³/mol. The molecule has 0 bridgehead atoms. The number of rotatable bonds is 10. The number of nitro groups is 2. The van der Waals surface area contributed by atoms with E-state index < -0.39 is 58.4 Å². The molecule has 0 radical (unpaired) electrons. The van der Waals surface area contributed by atoms with Crippen molar-refractivity contribution in [2.24, 2.45) is 11.8 Å². The van der Waals surface area contributed by atoms with Crippen molar-refractivity contribution >= 4 is 34.9 Å². The normalized spacial score (nSPS) is 17.0. The molecular weight excluding hydrogens is 476 g/mol. The van der Waals surface area contributed by atoms with Gasteiger partial charge in [0.1, 0.15) is 0 Å². The summed E-state index contributed by atoms with van der Waals surface area (Å²) in [6, 6.07) is 10.0. The second-order valence-corrected chi connectivity index (χ2v) is 8.17. The lowest BCUT2D eigenvalue weighted by molar-refractivity contribution is -0.385. The Bertz CT molecular complexity index is 1120. The van der Waals surface area contributed by atoms with Gasteiger partial charge in [0.05, 0.1) is 21.7 Å². The monoisotopic (exact) mass is 498 g/mol. The molecule has 2 aromatic rings. The van der Waals surface area contributed by atoms with Gasteiger partial charge in [0, 0.05) is 35.4 Å². The van der Waals surface area contributed by atoms with E-state index in [0.717, 1.165) is 12.1 Å². The van der Waals surface area contributed by atoms with E-state index in [1.54, 1.807) is 0 Å². The summed E-state index contributed by atoms with van der Waals surface area (Å²) >= 11 is 0. The van der Waals surface area contributed by atoms with Gasteiger partial charge in [-0.3, -0.25) is 39.4 Å². The molecule has 0 amide bonds. The van der Waals surface area contributed by atoms with Crippen LogP contribution in [0.25, 0.3) is 0 Å². The zero-order valence-electron chi connectivity index (χ0n) is 19.0. The number of hydrogen-bond acceptors (Lipinski definition) is 10. The van der Waals surface area contributed by atoms with Crippen LogP contribution in [-0.2, 0) is 19.1 Å². The molecule has 1 saturated carbocycles. The second-order valence-electron chi connectivity index (χ2n) is 8.17. The number of esters is 2. The van der Waals surface area contributed by atoms with E-state index in [4.69, 9.17) is 9.47 Å². The fourth-order valence-electron chi connectivity index (χ4n) is 3.94. The number of hydrogen-bond donors (Lipinski definition) is 0. The first-order valence-corrected chi connectivity index (χ1v) is 11.1. The van der Waals surface area contributed by atoms with Crippen molar-refractivity contribution in [3.63, 3.8) is 0 Å². The Balaban J connectivity index is 1.57. The summed E-state index contributed by atoms with van der Waals surface area (Å²) in [5.41, 5.74) is -0.531. The summed E-state index contributed by atoms with van der Waals surface area (Å²) in [5.74, 6) is -4.58. The van der Waals surface area contributed by atoms with Gasteiger partial charge in [0.15, 0.2) is 13.2 Å². The number of ether oxygens (including phenoxy) is 2. The van der Waals surface area contributed by atoms with Gasteiger partial charge in [-0.1, -0.05) is 37.1 Å². The van der Waals surface area contributed by atoms with E-state index in [9.17, 15) is 39.4 Å². The maximum Gasteiger partial charge on any atom is 0.310 e. The third-order valence-corrected chi connectivity index (χ3v) is 5.82. The molecule has 2 atom stereocenters. The number of carbonyl (C=O) groups excluding carboxylic acids is 4. The van der Waals surface area contributed by atoms with Crippen LogP contribution < -0.4 is 0 Å². The number of non-ortho nitro benzene ring substituents is 2. The van der Waals surface area contributed by atoms with E-state index in [0.29, 0.717) is 25.7 Å². The highest BCUT2D eigenvalue weighted by Gasteiger charge is 2.38. The molecule has 0 saturated heterocycles. The van der Waals surface area contributed by atoms with Gasteiger partial charge >= 0.3 is 11.9 Å². The molecule has 1 aliphatic rings. The first-order chi connectivity index (χ1) is 17.2. The number of ketones is 2. The minimum absolute atomic E-state index is 0.0104. The Morgan fingerprint density at radius 1 is 0.722 bits per heavy atom. The van der Waals surface area contributed by atoms with Crippen molar-refractivity contribution in [3.05, 3.63) is 79.9 Å². The smallest absolute Gasteiger partial charge is 0.310 e. The zero-order chi connectivity index (χ0) is 26.2. The Kier molecular flexibility index (Phi) is 8.55. The molecule has 188 valence electrons. The lowest BCUT2D eigenvalue weighted by Crippen LogP contribution is -2.36. The largest absolute Gasteiger partial charge is 0.457 e. The van der Waals surface area contributed by atoms with Crippen LogP contribution in [0.5, 0.6) is 0 Å². The summed E-state index contributed by atoms with van der Waals surface area (Å²) in [5, 5.41) is 21.8. The molecule has 1 aliphatic carbocycles. The molecule has 3 rings (SSSR count). The Morgan fingerprint density at radius 3 is 1.47 bits per heavy atom. The van der Waals surface area contributed by atoms with Crippen molar-refractivity contribution in [3.8, 4) is 0 Å². The van der Waals surface area contributed by atoms with Gasteiger partial charge in [0.25, 0.3) is 11.4 Å². The maximum absolute atomic E-state index is 12.7. The maximum atomic E-state index is 12.7. The minimum Gasteiger partial charge on any atom is -0.457 e. The topological polar surface area (TPSA) is 173 Å². The minimum atomic E-state index is -0.878. The molecule has 0 spiro atoms. The number of nitro benzene ring substituents is 2. The van der Waals surface area contributed by atoms with Crippen molar-refractivity contribution in [2.45, 2.75) is 25.7 Å². The van der Waals surface area contributed by atoms with Crippen LogP contribution in [0, 0.1) is 32.1 Å². The van der Waals surface area contributed by atoms with Crippen molar-refractivity contribution in [2.75, 3.05) is 13.2 Å². The molecule has 2 unspecified atom stereocenters. The molecule has 1 fully saturated rings. The highest BCUT2D eigenvalue weighted by molar-refractivity contribution is 5.99. The van der Waals surface area contributed by atoms with Crippen molar-refractivity contribution in [1.29, 1.82) is 0 Å². The van der Waals surface area contributed by atoms with Gasteiger partial charge in [-0.25, -0.2) is 0 Å². The number of Topliss-reactive ketones (excluding diaryl/α,β-unsaturated/α-hetero) is 2. The van der Waals surface area contributed by atoms with Crippen LogP contribution in [0.3, 0.4) is 0 Å². The van der Waals surface area contributed by atoms with Crippen LogP contribution in [0.15, 0.2) is 48.5 Å². The van der Waals surface area contributed by atoms with Crippen LogP contribution >= 0.6 is 0 Å². The van der Waals surface area contributed by atoms with Crippen LogP contribution in [0.1, 0.15) is 46.4 Å². The molecule has 36 heavy (non-hydrogen) atoms. The Morgan fingerprint density at radius 2 is 1.11 bits per heavy atom. The van der Waals surface area contributed by atoms with Gasteiger partial charge in [-0.2, -0.15) is 0 Å². The van der Waals surface area contributed by atoms with Gasteiger partial charge in [0.2, 0.25) is 11.6 Å². The molecule has 0 heterocycles. The van der Waals surface area contributed by atoms with Gasteiger partial charge < -0.3 is 9.47 Å². The fourth-order valence-corrected chi connectivity index (χ4v) is 3.94. The predicted octanol–water partition coefficient (Wildman–Crippen LogP) is 3.46. The first-order valence-electron chi connectivity index (χ1n) is 11.1. The van der Waals surface area contributed by atoms with E-state index in [1.807, 2.05) is 0 Å². The number of carbonyl (C=O) groups is 4. The summed E-state index contributed by atoms with van der Waals surface area (Å²) in [4.78, 5) is 70.5. The standard InChI is InChI=1S/C24H22N2O10/c27-21(15-5-3-7-17(11-15)25(31)32)13-35-23(29)19-9-1-2-10-20(19)24(30)36-14-22(28)16-6-4-8-18(12-16)26(33)34/h3-8,11-12,19-20H,1-2,9-10,13-14H2. The van der Waals surface area contributed by atoms with E-state index in [1.165, 1.54) is 36.4 Å². The second kappa shape index (κ2) is 11.8. The first kappa shape index (κ1) is 26.1. The van der Waals surface area contributed by atoms with Crippen LogP contribution in [-0.4, -0.2) is 46.6 Å². The molecule has 0 N–H and O–H groups in total. The highest BCUT2D eigenvalue weighted by Crippen LogP contribution is 2.32. The van der Waals surface area contributed by atoms with E-state index in [2.05, 4.69) is 0 Å². The molecule has 0 aromatic heterocycles. The van der Waals surface area contributed by atoms with E-state index in [-0.39, 0.29) is 22.5 Å². The summed E-state index contributed by atoms with van der Waals surface area (Å²) < 4.78 is 10.2. The lowest BCUT2D eigenvalue weighted by Gasteiger charge is -2.28. The number of nitrogens with zero attached hydrogens (tertiary/aromatic N) is 2. The molecule has 2 aromatic carbocycles. The van der Waals surface area contributed by atoms with E-state index >= 15 is 0 Å². The third kappa shape index (κ3) is 6.56. The average Bonchev–Trinajstić information content (AvgIpc) is 2.90. The van der Waals surface area contributed by atoms with Crippen LogP contribution in [0.2, 0.25) is 0 Å². The lowest BCUT2D eigenvalue weighted by atomic mass is 9.79. The Labute approximate surface area is 204 Å². The highest BCUT2D eigenvalue weighted by atomic mass is 16.6. The van der Waals surface area contributed by atoms with Crippen molar-refractivity contribution in [1.82, 2.24) is 0 Å². The van der Waals surface area contributed by atoms with Gasteiger partial charge in [-0.05, 0) is 12.8 Å². The summed E-state index contributed by atoms with van der Waals surface area (Å²) in [7, 11) is 0. The molecular formula is C24H22N2O10. The summed E-state index contributed by atoms with van der Waals surface area (Å²) in [6.07, 6.45) is 1.94. The van der Waals surface area contributed by atoms with Crippen molar-refractivity contribution < 1.29 is 38.5 Å². The quantitative estimate of drug-likeness (QED) is 0.204. The number of benzene rings is 2.